The molecule has 0 fully saturated rings. The van der Waals surface area contributed by atoms with Crippen LogP contribution in [0, 0.1) is 5.82 Å². The highest BCUT2D eigenvalue weighted by Gasteiger charge is 2.26. The molecule has 1 aliphatic heterocycles. The van der Waals surface area contributed by atoms with E-state index >= 15 is 0 Å². The van der Waals surface area contributed by atoms with E-state index in [-0.39, 0.29) is 11.9 Å². The van der Waals surface area contributed by atoms with Crippen LogP contribution < -0.4 is 10.1 Å². The first-order valence-corrected chi connectivity index (χ1v) is 8.75. The number of aromatic nitrogens is 4. The van der Waals surface area contributed by atoms with Gasteiger partial charge in [0.15, 0.2) is 0 Å². The Balaban J connectivity index is 1.80. The summed E-state index contributed by atoms with van der Waals surface area (Å²) in [6, 6.07) is 8.45. The molecule has 0 aliphatic carbocycles. The van der Waals surface area contributed by atoms with Crippen molar-refractivity contribution in [3.63, 3.8) is 0 Å². The van der Waals surface area contributed by atoms with Crippen molar-refractivity contribution in [2.24, 2.45) is 0 Å². The van der Waals surface area contributed by atoms with Crippen LogP contribution in [-0.4, -0.2) is 32.4 Å². The third-order valence-corrected chi connectivity index (χ3v) is 4.47. The average Bonchev–Trinajstić information content (AvgIpc) is 3.24. The van der Waals surface area contributed by atoms with E-state index in [0.717, 1.165) is 17.5 Å². The minimum Gasteiger partial charge on any atom is -0.475 e. The normalized spacial score (nSPS) is 14.0. The number of benzene rings is 1. The van der Waals surface area contributed by atoms with Crippen molar-refractivity contribution in [2.45, 2.75) is 32.9 Å². The number of anilines is 1. The molecule has 0 saturated carbocycles. The van der Waals surface area contributed by atoms with Crippen molar-refractivity contribution in [1.29, 1.82) is 0 Å². The lowest BCUT2D eigenvalue weighted by Gasteiger charge is -2.11. The molecule has 0 unspecified atom stereocenters. The molecule has 4 rings (SSSR count). The molecule has 2 aromatic heterocycles. The summed E-state index contributed by atoms with van der Waals surface area (Å²) in [5.41, 5.74) is 3.09. The van der Waals surface area contributed by atoms with E-state index in [1.54, 1.807) is 18.3 Å². The molecule has 7 heteroatoms. The average molecular weight is 353 g/mol. The van der Waals surface area contributed by atoms with Crippen LogP contribution in [0.3, 0.4) is 0 Å². The van der Waals surface area contributed by atoms with Crippen LogP contribution in [0.1, 0.15) is 20.3 Å². The maximum atomic E-state index is 13.4. The van der Waals surface area contributed by atoms with Gasteiger partial charge in [0.1, 0.15) is 18.1 Å². The van der Waals surface area contributed by atoms with E-state index in [1.807, 2.05) is 10.7 Å². The second-order valence-corrected chi connectivity index (χ2v) is 6.33. The highest BCUT2D eigenvalue weighted by molar-refractivity contribution is 5.83. The zero-order valence-corrected chi connectivity index (χ0v) is 14.7. The molecule has 6 nitrogen and oxygen atoms in total. The summed E-state index contributed by atoms with van der Waals surface area (Å²) >= 11 is 0. The standard InChI is InChI=1S/C19H20FN5O/c1-3-12(2)22-19-21-9-8-15(23-19)17-16(13-4-6-14(20)7-5-13)18-25(24-17)10-11-26-18/h4-9,12H,3,10-11H2,1-2H3,(H,21,22,23)/t12-/m0/s1. The fraction of sp³-hybridized carbons (Fsp3) is 0.316. The highest BCUT2D eigenvalue weighted by Crippen LogP contribution is 2.40. The third-order valence-electron chi connectivity index (χ3n) is 4.47. The van der Waals surface area contributed by atoms with Crippen molar-refractivity contribution < 1.29 is 9.13 Å². The summed E-state index contributed by atoms with van der Waals surface area (Å²) in [4.78, 5) is 8.91. The van der Waals surface area contributed by atoms with Crippen molar-refractivity contribution in [1.82, 2.24) is 19.7 Å². The molecule has 134 valence electrons. The number of hydrogen-bond donors (Lipinski definition) is 1. The summed E-state index contributed by atoms with van der Waals surface area (Å²) in [5.74, 6) is 0.986. The Kier molecular flexibility index (Phi) is 4.28. The molecule has 1 atom stereocenters. The Labute approximate surface area is 151 Å². The maximum absolute atomic E-state index is 13.4. The Morgan fingerprint density at radius 2 is 2.08 bits per heavy atom. The largest absolute Gasteiger partial charge is 0.475 e. The summed E-state index contributed by atoms with van der Waals surface area (Å²) in [6.07, 6.45) is 2.69. The SMILES string of the molecule is CC[C@H](C)Nc1nccc(-c2nn3c(c2-c2ccc(F)cc2)OCC3)n1. The van der Waals surface area contributed by atoms with Gasteiger partial charge < -0.3 is 10.1 Å². The van der Waals surface area contributed by atoms with Crippen molar-refractivity contribution in [3.8, 4) is 28.4 Å². The first-order valence-electron chi connectivity index (χ1n) is 8.75. The van der Waals surface area contributed by atoms with E-state index < -0.39 is 0 Å². The lowest BCUT2D eigenvalue weighted by Crippen LogP contribution is -2.15. The Hall–Kier alpha value is -2.96. The van der Waals surface area contributed by atoms with Crippen LogP contribution in [-0.2, 0) is 6.54 Å². The summed E-state index contributed by atoms with van der Waals surface area (Å²) in [5, 5.41) is 7.96. The first-order chi connectivity index (χ1) is 12.7. The second-order valence-electron chi connectivity index (χ2n) is 6.33. The van der Waals surface area contributed by atoms with E-state index in [9.17, 15) is 4.39 Å². The number of halogens is 1. The summed E-state index contributed by atoms with van der Waals surface area (Å²) < 4.78 is 21.0. The van der Waals surface area contributed by atoms with Gasteiger partial charge in [-0.2, -0.15) is 5.10 Å². The van der Waals surface area contributed by atoms with Crippen LogP contribution in [0.2, 0.25) is 0 Å². The number of nitrogens with one attached hydrogen (secondary N) is 1. The van der Waals surface area contributed by atoms with Crippen LogP contribution in [0.4, 0.5) is 10.3 Å². The van der Waals surface area contributed by atoms with Gasteiger partial charge in [0, 0.05) is 12.2 Å². The molecule has 0 radical (unpaired) electrons. The number of ether oxygens (including phenoxy) is 1. The fourth-order valence-electron chi connectivity index (χ4n) is 2.91. The van der Waals surface area contributed by atoms with Gasteiger partial charge in [0.2, 0.25) is 11.8 Å². The molecule has 3 aromatic rings. The molecule has 3 heterocycles. The summed E-state index contributed by atoms with van der Waals surface area (Å²) in [7, 11) is 0. The molecule has 26 heavy (non-hydrogen) atoms. The number of rotatable bonds is 5. The lowest BCUT2D eigenvalue weighted by molar-refractivity contribution is 0.358. The maximum Gasteiger partial charge on any atom is 0.223 e. The van der Waals surface area contributed by atoms with Crippen molar-refractivity contribution in [2.75, 3.05) is 11.9 Å². The molecule has 0 saturated heterocycles. The van der Waals surface area contributed by atoms with Gasteiger partial charge in [0.05, 0.1) is 17.8 Å². The molecule has 1 aromatic carbocycles. The van der Waals surface area contributed by atoms with Crippen LogP contribution in [0.25, 0.3) is 22.5 Å². The Morgan fingerprint density at radius 1 is 1.27 bits per heavy atom. The fourth-order valence-corrected chi connectivity index (χ4v) is 2.91. The molecule has 0 amide bonds. The monoisotopic (exact) mass is 353 g/mol. The third kappa shape index (κ3) is 3.00. The lowest BCUT2D eigenvalue weighted by atomic mass is 10.0. The predicted molar refractivity (Wildman–Crippen MR) is 97.5 cm³/mol. The second kappa shape index (κ2) is 6.74. The smallest absolute Gasteiger partial charge is 0.223 e. The van der Waals surface area contributed by atoms with E-state index in [2.05, 4.69) is 34.2 Å². The molecule has 0 bridgehead atoms. The van der Waals surface area contributed by atoms with Crippen LogP contribution in [0.5, 0.6) is 5.88 Å². The van der Waals surface area contributed by atoms with Gasteiger partial charge in [0.25, 0.3) is 0 Å². The van der Waals surface area contributed by atoms with E-state index in [1.165, 1.54) is 12.1 Å². The van der Waals surface area contributed by atoms with Crippen molar-refractivity contribution in [3.05, 3.63) is 42.3 Å². The molecular weight excluding hydrogens is 333 g/mol. The van der Waals surface area contributed by atoms with Crippen molar-refractivity contribution >= 4 is 5.95 Å². The number of fused-ring (bicyclic) bond motifs is 1. The molecule has 0 spiro atoms. The van der Waals surface area contributed by atoms with Gasteiger partial charge in [-0.3, -0.25) is 0 Å². The summed E-state index contributed by atoms with van der Waals surface area (Å²) in [6.45, 7) is 5.46. The highest BCUT2D eigenvalue weighted by atomic mass is 19.1. The van der Waals surface area contributed by atoms with Gasteiger partial charge in [-0.15, -0.1) is 0 Å². The molecule has 1 N–H and O–H groups in total. The van der Waals surface area contributed by atoms with Gasteiger partial charge in [-0.1, -0.05) is 19.1 Å². The topological polar surface area (TPSA) is 64.9 Å². The number of hydrogen-bond acceptors (Lipinski definition) is 5. The quantitative estimate of drug-likeness (QED) is 0.757. The van der Waals surface area contributed by atoms with E-state index in [4.69, 9.17) is 4.74 Å². The zero-order chi connectivity index (χ0) is 18.1. The predicted octanol–water partition coefficient (Wildman–Crippen LogP) is 3.75. The Bertz CT molecular complexity index is 922. The minimum absolute atomic E-state index is 0.275. The minimum atomic E-state index is -0.276. The van der Waals surface area contributed by atoms with Crippen LogP contribution in [0.15, 0.2) is 36.5 Å². The van der Waals surface area contributed by atoms with Gasteiger partial charge in [-0.25, -0.2) is 19.0 Å². The van der Waals surface area contributed by atoms with Gasteiger partial charge in [-0.05, 0) is 37.1 Å². The van der Waals surface area contributed by atoms with E-state index in [0.29, 0.717) is 36.4 Å². The number of nitrogens with zero attached hydrogens (tertiary/aromatic N) is 4. The van der Waals surface area contributed by atoms with Crippen LogP contribution >= 0.6 is 0 Å². The van der Waals surface area contributed by atoms with Gasteiger partial charge >= 0.3 is 0 Å². The Morgan fingerprint density at radius 3 is 2.85 bits per heavy atom. The zero-order valence-electron chi connectivity index (χ0n) is 14.7. The molecule has 1 aliphatic rings. The first kappa shape index (κ1) is 16.5. The molecular formula is C19H20FN5O.